The average molecular weight is 343 g/mol. The Balaban J connectivity index is 0.00000264. The minimum absolute atomic E-state index is 0. The van der Waals surface area contributed by atoms with Crippen LogP contribution in [-0.2, 0) is 16.1 Å². The summed E-state index contributed by atoms with van der Waals surface area (Å²) in [7, 11) is 1.69. The molecule has 1 fully saturated rings. The van der Waals surface area contributed by atoms with Crippen molar-refractivity contribution in [1.29, 1.82) is 0 Å². The summed E-state index contributed by atoms with van der Waals surface area (Å²) in [6.07, 6.45) is 1.77. The summed E-state index contributed by atoms with van der Waals surface area (Å²) < 4.78 is 10.9. The number of hydrogen-bond acceptors (Lipinski definition) is 4. The molecule has 5 nitrogen and oxygen atoms in total. The molecule has 1 aliphatic rings. The predicted molar refractivity (Wildman–Crippen MR) is 93.2 cm³/mol. The van der Waals surface area contributed by atoms with E-state index >= 15 is 0 Å². The SMILES string of the molecule is COCCCOc1cc(C)ccc1CNC(=O)C1CCNC1.Cl. The number of rotatable bonds is 8. The third kappa shape index (κ3) is 6.37. The maximum absolute atomic E-state index is 12.1. The Kier molecular flexibility index (Phi) is 8.99. The van der Waals surface area contributed by atoms with Crippen molar-refractivity contribution in [2.24, 2.45) is 5.92 Å². The highest BCUT2D eigenvalue weighted by Gasteiger charge is 2.22. The lowest BCUT2D eigenvalue weighted by molar-refractivity contribution is -0.124. The van der Waals surface area contributed by atoms with E-state index in [9.17, 15) is 4.79 Å². The van der Waals surface area contributed by atoms with Crippen LogP contribution in [0.25, 0.3) is 0 Å². The molecule has 6 heteroatoms. The lowest BCUT2D eigenvalue weighted by Crippen LogP contribution is -2.31. The monoisotopic (exact) mass is 342 g/mol. The van der Waals surface area contributed by atoms with E-state index in [2.05, 4.69) is 10.6 Å². The van der Waals surface area contributed by atoms with Crippen LogP contribution >= 0.6 is 12.4 Å². The molecule has 1 heterocycles. The molecule has 130 valence electrons. The van der Waals surface area contributed by atoms with Gasteiger partial charge in [-0.15, -0.1) is 12.4 Å². The standard InChI is InChI=1S/C17H26N2O3.ClH/c1-13-4-5-14(16(10-13)22-9-3-8-21-2)12-19-17(20)15-6-7-18-11-15;/h4-5,10,15,18H,3,6-9,11-12H2,1-2H3,(H,19,20);1H. The summed E-state index contributed by atoms with van der Waals surface area (Å²) in [5, 5.41) is 6.23. The van der Waals surface area contributed by atoms with Gasteiger partial charge >= 0.3 is 0 Å². The molecule has 1 unspecified atom stereocenters. The molecule has 0 radical (unpaired) electrons. The average Bonchev–Trinajstić information content (AvgIpc) is 3.05. The fourth-order valence-corrected chi connectivity index (χ4v) is 2.53. The molecule has 0 aliphatic carbocycles. The molecular weight excluding hydrogens is 316 g/mol. The molecule has 0 bridgehead atoms. The van der Waals surface area contributed by atoms with Gasteiger partial charge in [-0.1, -0.05) is 12.1 Å². The van der Waals surface area contributed by atoms with E-state index in [1.807, 2.05) is 25.1 Å². The van der Waals surface area contributed by atoms with Crippen LogP contribution in [0.15, 0.2) is 18.2 Å². The quantitative estimate of drug-likeness (QED) is 0.710. The smallest absolute Gasteiger partial charge is 0.224 e. The van der Waals surface area contributed by atoms with Crippen LogP contribution in [0.1, 0.15) is 24.0 Å². The first-order valence-corrected chi connectivity index (χ1v) is 7.90. The van der Waals surface area contributed by atoms with E-state index in [0.29, 0.717) is 19.8 Å². The number of benzene rings is 1. The molecule has 1 aliphatic heterocycles. The topological polar surface area (TPSA) is 59.6 Å². The summed E-state index contributed by atoms with van der Waals surface area (Å²) in [5.74, 6) is 1.06. The van der Waals surface area contributed by atoms with Crippen LogP contribution in [0.5, 0.6) is 5.75 Å². The largest absolute Gasteiger partial charge is 0.493 e. The van der Waals surface area contributed by atoms with Gasteiger partial charge < -0.3 is 20.1 Å². The number of nitrogens with one attached hydrogen (secondary N) is 2. The second-order valence-electron chi connectivity index (χ2n) is 5.71. The lowest BCUT2D eigenvalue weighted by Gasteiger charge is -2.14. The molecule has 1 atom stereocenters. The molecule has 2 N–H and O–H groups in total. The number of hydrogen-bond donors (Lipinski definition) is 2. The molecule has 1 aromatic rings. The maximum Gasteiger partial charge on any atom is 0.224 e. The Morgan fingerprint density at radius 3 is 2.91 bits per heavy atom. The van der Waals surface area contributed by atoms with E-state index in [0.717, 1.165) is 42.8 Å². The zero-order chi connectivity index (χ0) is 15.8. The highest BCUT2D eigenvalue weighted by atomic mass is 35.5. The Hall–Kier alpha value is -1.30. The molecule has 0 spiro atoms. The normalized spacial score (nSPS) is 16.7. The summed E-state index contributed by atoms with van der Waals surface area (Å²) >= 11 is 0. The van der Waals surface area contributed by atoms with Crippen LogP contribution < -0.4 is 15.4 Å². The molecule has 1 aromatic carbocycles. The highest BCUT2D eigenvalue weighted by Crippen LogP contribution is 2.21. The van der Waals surface area contributed by atoms with E-state index in [4.69, 9.17) is 9.47 Å². The van der Waals surface area contributed by atoms with Crippen molar-refractivity contribution in [3.63, 3.8) is 0 Å². The minimum atomic E-state index is 0. The van der Waals surface area contributed by atoms with Gasteiger partial charge in [-0.25, -0.2) is 0 Å². The first-order valence-electron chi connectivity index (χ1n) is 7.90. The third-order valence-electron chi connectivity index (χ3n) is 3.86. The van der Waals surface area contributed by atoms with Crippen molar-refractivity contribution in [1.82, 2.24) is 10.6 Å². The van der Waals surface area contributed by atoms with E-state index < -0.39 is 0 Å². The maximum atomic E-state index is 12.1. The van der Waals surface area contributed by atoms with Crippen LogP contribution in [0.3, 0.4) is 0 Å². The Bertz CT molecular complexity index is 491. The summed E-state index contributed by atoms with van der Waals surface area (Å²) in [5.41, 5.74) is 2.17. The number of amides is 1. The highest BCUT2D eigenvalue weighted by molar-refractivity contribution is 5.85. The molecule has 0 saturated carbocycles. The molecule has 1 saturated heterocycles. The van der Waals surface area contributed by atoms with Crippen molar-refractivity contribution in [3.8, 4) is 5.75 Å². The van der Waals surface area contributed by atoms with Crippen LogP contribution in [-0.4, -0.2) is 39.3 Å². The molecular formula is C17H27ClN2O3. The van der Waals surface area contributed by atoms with Gasteiger partial charge in [-0.05, 0) is 31.5 Å². The van der Waals surface area contributed by atoms with Crippen molar-refractivity contribution in [3.05, 3.63) is 29.3 Å². The van der Waals surface area contributed by atoms with Gasteiger partial charge in [0.05, 0.1) is 12.5 Å². The number of carbonyl (C=O) groups is 1. The molecule has 2 rings (SSSR count). The van der Waals surface area contributed by atoms with Gasteiger partial charge in [-0.2, -0.15) is 0 Å². The first kappa shape index (κ1) is 19.7. The van der Waals surface area contributed by atoms with E-state index in [1.54, 1.807) is 7.11 Å². The Labute approximate surface area is 144 Å². The van der Waals surface area contributed by atoms with Crippen LogP contribution in [0, 0.1) is 12.8 Å². The predicted octanol–water partition coefficient (Wildman–Crippen LogP) is 2.06. The summed E-state index contributed by atoms with van der Waals surface area (Å²) in [6.45, 7) is 5.55. The summed E-state index contributed by atoms with van der Waals surface area (Å²) in [6, 6.07) is 6.08. The van der Waals surface area contributed by atoms with E-state index in [-0.39, 0.29) is 24.2 Å². The number of ether oxygens (including phenoxy) is 2. The van der Waals surface area contributed by atoms with Gasteiger partial charge in [0.15, 0.2) is 0 Å². The van der Waals surface area contributed by atoms with Crippen molar-refractivity contribution < 1.29 is 14.3 Å². The molecule has 23 heavy (non-hydrogen) atoms. The zero-order valence-electron chi connectivity index (χ0n) is 13.9. The third-order valence-corrected chi connectivity index (χ3v) is 3.86. The van der Waals surface area contributed by atoms with Gasteiger partial charge in [0.2, 0.25) is 5.91 Å². The second kappa shape index (κ2) is 10.5. The number of methoxy groups -OCH3 is 1. The Morgan fingerprint density at radius 1 is 1.39 bits per heavy atom. The fourth-order valence-electron chi connectivity index (χ4n) is 2.53. The van der Waals surface area contributed by atoms with Crippen molar-refractivity contribution in [2.45, 2.75) is 26.3 Å². The zero-order valence-corrected chi connectivity index (χ0v) is 14.7. The van der Waals surface area contributed by atoms with Gasteiger partial charge in [0.1, 0.15) is 5.75 Å². The van der Waals surface area contributed by atoms with Gasteiger partial charge in [0.25, 0.3) is 0 Å². The number of halogens is 1. The number of carbonyl (C=O) groups excluding carboxylic acids is 1. The van der Waals surface area contributed by atoms with Crippen LogP contribution in [0.4, 0.5) is 0 Å². The van der Waals surface area contributed by atoms with Crippen molar-refractivity contribution in [2.75, 3.05) is 33.4 Å². The number of aryl methyl sites for hydroxylation is 1. The van der Waals surface area contributed by atoms with Gasteiger partial charge in [0, 0.05) is 38.8 Å². The first-order chi connectivity index (χ1) is 10.7. The van der Waals surface area contributed by atoms with E-state index in [1.165, 1.54) is 0 Å². The van der Waals surface area contributed by atoms with Gasteiger partial charge in [-0.3, -0.25) is 4.79 Å². The molecule has 1 amide bonds. The lowest BCUT2D eigenvalue weighted by atomic mass is 10.1. The minimum Gasteiger partial charge on any atom is -0.493 e. The van der Waals surface area contributed by atoms with Crippen molar-refractivity contribution >= 4 is 18.3 Å². The second-order valence-corrected chi connectivity index (χ2v) is 5.71. The Morgan fingerprint density at radius 2 is 2.22 bits per heavy atom. The summed E-state index contributed by atoms with van der Waals surface area (Å²) in [4.78, 5) is 12.1. The molecule has 0 aromatic heterocycles. The van der Waals surface area contributed by atoms with Crippen LogP contribution in [0.2, 0.25) is 0 Å². The fraction of sp³-hybridized carbons (Fsp3) is 0.588.